The molecule has 4 rings (SSSR count). The topological polar surface area (TPSA) is 87.1 Å². The highest BCUT2D eigenvalue weighted by Gasteiger charge is 2.07. The van der Waals surface area contributed by atoms with E-state index < -0.39 is 0 Å². The third-order valence-electron chi connectivity index (χ3n) is 4.18. The van der Waals surface area contributed by atoms with Gasteiger partial charge in [0.2, 0.25) is 0 Å². The highest BCUT2D eigenvalue weighted by molar-refractivity contribution is 5.93. The maximum atomic E-state index is 12.1. The molecule has 6 nitrogen and oxygen atoms in total. The Bertz CT molecular complexity index is 1170. The van der Waals surface area contributed by atoms with E-state index in [1.807, 2.05) is 31.2 Å². The number of amides is 2. The van der Waals surface area contributed by atoms with E-state index in [0.717, 1.165) is 21.9 Å². The Morgan fingerprint density at radius 3 is 2.85 bits per heavy atom. The van der Waals surface area contributed by atoms with Crippen LogP contribution in [0.1, 0.15) is 11.3 Å². The van der Waals surface area contributed by atoms with Crippen LogP contribution in [0.4, 0.5) is 10.5 Å². The van der Waals surface area contributed by atoms with Gasteiger partial charge < -0.3 is 20.0 Å². The summed E-state index contributed by atoms with van der Waals surface area (Å²) in [5.74, 6) is 0.686. The molecule has 0 bridgehead atoms. The normalized spacial score (nSPS) is 11.0. The van der Waals surface area contributed by atoms with E-state index in [1.165, 1.54) is 0 Å². The number of carbonyl (C=O) groups excluding carboxylic acids is 1. The molecule has 0 radical (unpaired) electrons. The van der Waals surface area contributed by atoms with Gasteiger partial charge in [-0.15, -0.1) is 0 Å². The van der Waals surface area contributed by atoms with Gasteiger partial charge in [0.05, 0.1) is 6.54 Å². The number of fused-ring (bicyclic) bond motifs is 2. The molecule has 0 fully saturated rings. The van der Waals surface area contributed by atoms with Gasteiger partial charge in [0.15, 0.2) is 0 Å². The number of furan rings is 1. The average molecular weight is 347 g/mol. The second kappa shape index (κ2) is 6.40. The minimum Gasteiger partial charge on any atom is -0.459 e. The highest BCUT2D eigenvalue weighted by atomic mass is 16.3. The lowest BCUT2D eigenvalue weighted by Gasteiger charge is -2.07. The molecular formula is C20H17N3O3. The first-order valence-electron chi connectivity index (χ1n) is 8.24. The number of pyridine rings is 1. The number of hydrogen-bond donors (Lipinski definition) is 3. The SMILES string of the molecule is Cc1ccc2oc(CNC(=O)Nc3ccc4c(=O)[nH]ccc4c3)cc2c1. The van der Waals surface area contributed by atoms with Crippen molar-refractivity contribution in [3.05, 3.63) is 76.4 Å². The standard InChI is InChI=1S/C20H17N3O3/c1-12-2-5-18-14(8-12)10-16(26-18)11-22-20(25)23-15-3-4-17-13(9-15)6-7-21-19(17)24/h2-10H,11H2,1H3,(H,21,24)(H2,22,23,25). The molecule has 0 unspecified atom stereocenters. The molecule has 2 aromatic heterocycles. The van der Waals surface area contributed by atoms with Crippen LogP contribution in [0.25, 0.3) is 21.7 Å². The van der Waals surface area contributed by atoms with Crippen LogP contribution >= 0.6 is 0 Å². The number of aryl methyl sites for hydroxylation is 1. The summed E-state index contributed by atoms with van der Waals surface area (Å²) in [4.78, 5) is 26.4. The van der Waals surface area contributed by atoms with Crippen molar-refractivity contribution in [2.24, 2.45) is 0 Å². The molecule has 0 aliphatic carbocycles. The van der Waals surface area contributed by atoms with Crippen LogP contribution in [0.2, 0.25) is 0 Å². The number of carbonyl (C=O) groups is 1. The number of rotatable bonds is 3. The number of aromatic nitrogens is 1. The van der Waals surface area contributed by atoms with Crippen molar-refractivity contribution in [2.45, 2.75) is 13.5 Å². The Balaban J connectivity index is 1.44. The highest BCUT2D eigenvalue weighted by Crippen LogP contribution is 2.20. The van der Waals surface area contributed by atoms with Crippen LogP contribution in [0.5, 0.6) is 0 Å². The molecule has 130 valence electrons. The summed E-state index contributed by atoms with van der Waals surface area (Å²) < 4.78 is 5.71. The van der Waals surface area contributed by atoms with Gasteiger partial charge in [0, 0.05) is 22.7 Å². The molecule has 26 heavy (non-hydrogen) atoms. The molecule has 6 heteroatoms. The van der Waals surface area contributed by atoms with E-state index in [0.29, 0.717) is 16.8 Å². The monoisotopic (exact) mass is 347 g/mol. The molecule has 2 aromatic carbocycles. The Hall–Kier alpha value is -3.54. The average Bonchev–Trinajstić information content (AvgIpc) is 3.02. The molecule has 3 N–H and O–H groups in total. The molecule has 2 heterocycles. The van der Waals surface area contributed by atoms with Crippen LogP contribution in [0, 0.1) is 6.92 Å². The van der Waals surface area contributed by atoms with Gasteiger partial charge >= 0.3 is 6.03 Å². The minimum absolute atomic E-state index is 0.154. The Kier molecular flexibility index (Phi) is 3.93. The van der Waals surface area contributed by atoms with E-state index in [4.69, 9.17) is 4.42 Å². The molecule has 4 aromatic rings. The number of aromatic amines is 1. The molecule has 0 aliphatic rings. The van der Waals surface area contributed by atoms with Crippen molar-refractivity contribution in [1.82, 2.24) is 10.3 Å². The van der Waals surface area contributed by atoms with Crippen LogP contribution in [-0.4, -0.2) is 11.0 Å². The summed E-state index contributed by atoms with van der Waals surface area (Å²) in [5, 5.41) is 7.89. The number of nitrogens with one attached hydrogen (secondary N) is 3. The second-order valence-electron chi connectivity index (χ2n) is 6.17. The fraction of sp³-hybridized carbons (Fsp3) is 0.100. The lowest BCUT2D eigenvalue weighted by molar-refractivity contribution is 0.251. The quantitative estimate of drug-likeness (QED) is 0.525. The first-order chi connectivity index (χ1) is 12.6. The lowest BCUT2D eigenvalue weighted by Crippen LogP contribution is -2.28. The molecule has 0 saturated carbocycles. The van der Waals surface area contributed by atoms with Gasteiger partial charge in [-0.25, -0.2) is 4.79 Å². The second-order valence-corrected chi connectivity index (χ2v) is 6.17. The number of H-pyrrole nitrogens is 1. The lowest BCUT2D eigenvalue weighted by atomic mass is 10.1. The van der Waals surface area contributed by atoms with Gasteiger partial charge in [0.25, 0.3) is 5.56 Å². The van der Waals surface area contributed by atoms with Crippen molar-refractivity contribution in [1.29, 1.82) is 0 Å². The number of urea groups is 1. The zero-order valence-corrected chi connectivity index (χ0v) is 14.1. The van der Waals surface area contributed by atoms with Gasteiger partial charge in [0.1, 0.15) is 11.3 Å². The smallest absolute Gasteiger partial charge is 0.319 e. The molecule has 0 saturated heterocycles. The van der Waals surface area contributed by atoms with Crippen LogP contribution in [0.15, 0.2) is 63.9 Å². The maximum Gasteiger partial charge on any atom is 0.319 e. The predicted molar refractivity (Wildman–Crippen MR) is 101 cm³/mol. The number of anilines is 1. The number of benzene rings is 2. The van der Waals surface area contributed by atoms with Crippen molar-refractivity contribution in [3.63, 3.8) is 0 Å². The molecule has 0 aliphatic heterocycles. The summed E-state index contributed by atoms with van der Waals surface area (Å²) >= 11 is 0. The summed E-state index contributed by atoms with van der Waals surface area (Å²) in [5.41, 5.74) is 2.41. The van der Waals surface area contributed by atoms with Crippen LogP contribution < -0.4 is 16.2 Å². The van der Waals surface area contributed by atoms with E-state index in [-0.39, 0.29) is 18.1 Å². The fourth-order valence-electron chi connectivity index (χ4n) is 2.92. The van der Waals surface area contributed by atoms with Crippen molar-refractivity contribution in [2.75, 3.05) is 5.32 Å². The summed E-state index contributed by atoms with van der Waals surface area (Å²) in [6, 6.07) is 14.5. The summed E-state index contributed by atoms with van der Waals surface area (Å²) in [6.45, 7) is 2.31. The number of hydrogen-bond acceptors (Lipinski definition) is 3. The Morgan fingerprint density at radius 1 is 1.08 bits per heavy atom. The largest absolute Gasteiger partial charge is 0.459 e. The fourth-order valence-corrected chi connectivity index (χ4v) is 2.92. The van der Waals surface area contributed by atoms with E-state index >= 15 is 0 Å². The van der Waals surface area contributed by atoms with Gasteiger partial charge in [-0.3, -0.25) is 4.79 Å². The zero-order valence-electron chi connectivity index (χ0n) is 14.1. The maximum absolute atomic E-state index is 12.1. The van der Waals surface area contributed by atoms with Crippen molar-refractivity contribution < 1.29 is 9.21 Å². The third-order valence-corrected chi connectivity index (χ3v) is 4.18. The first kappa shape index (κ1) is 16.0. The molecule has 2 amide bonds. The molecular weight excluding hydrogens is 330 g/mol. The molecule has 0 spiro atoms. The zero-order chi connectivity index (χ0) is 18.1. The van der Waals surface area contributed by atoms with Gasteiger partial charge in [-0.05, 0) is 54.8 Å². The summed E-state index contributed by atoms with van der Waals surface area (Å²) in [6.07, 6.45) is 1.58. The van der Waals surface area contributed by atoms with Crippen LogP contribution in [0.3, 0.4) is 0 Å². The third kappa shape index (κ3) is 3.17. The Labute approximate surface area is 148 Å². The van der Waals surface area contributed by atoms with Crippen LogP contribution in [-0.2, 0) is 6.54 Å². The first-order valence-corrected chi connectivity index (χ1v) is 8.24. The van der Waals surface area contributed by atoms with Crippen molar-refractivity contribution >= 4 is 33.5 Å². The molecule has 0 atom stereocenters. The van der Waals surface area contributed by atoms with E-state index in [2.05, 4.69) is 15.6 Å². The van der Waals surface area contributed by atoms with Gasteiger partial charge in [-0.2, -0.15) is 0 Å². The van der Waals surface area contributed by atoms with E-state index in [1.54, 1.807) is 30.5 Å². The minimum atomic E-state index is -0.342. The van der Waals surface area contributed by atoms with Crippen molar-refractivity contribution in [3.8, 4) is 0 Å². The summed E-state index contributed by atoms with van der Waals surface area (Å²) in [7, 11) is 0. The Morgan fingerprint density at radius 2 is 1.96 bits per heavy atom. The van der Waals surface area contributed by atoms with E-state index in [9.17, 15) is 9.59 Å². The predicted octanol–water partition coefficient (Wildman–Crippen LogP) is 3.90. The van der Waals surface area contributed by atoms with Gasteiger partial charge in [-0.1, -0.05) is 11.6 Å².